The van der Waals surface area contributed by atoms with Gasteiger partial charge in [-0.25, -0.2) is 4.79 Å². The summed E-state index contributed by atoms with van der Waals surface area (Å²) in [4.78, 5) is 46.0. The lowest BCUT2D eigenvalue weighted by molar-refractivity contribution is -0.153. The molecule has 1 aromatic carbocycles. The van der Waals surface area contributed by atoms with Crippen LogP contribution in [0.1, 0.15) is 17.3 Å². The van der Waals surface area contributed by atoms with E-state index in [9.17, 15) is 19.2 Å². The molecule has 4 amide bonds. The molecule has 1 aromatic rings. The maximum absolute atomic E-state index is 11.9. The number of halogens is 2. The predicted molar refractivity (Wildman–Crippen MR) is 86.9 cm³/mol. The molecule has 0 radical (unpaired) electrons. The number of hydrogen-bond acceptors (Lipinski definition) is 5. The van der Waals surface area contributed by atoms with Gasteiger partial charge in [-0.1, -0.05) is 23.2 Å². The number of hydrogen-bond donors (Lipinski definition) is 3. The first-order valence-electron chi connectivity index (χ1n) is 6.70. The van der Waals surface area contributed by atoms with E-state index >= 15 is 0 Å². The highest BCUT2D eigenvalue weighted by molar-refractivity contribution is 6.36. The number of ether oxygens (including phenoxy) is 1. The van der Waals surface area contributed by atoms with Crippen molar-refractivity contribution in [3.8, 4) is 0 Å². The van der Waals surface area contributed by atoms with Crippen LogP contribution in [0.2, 0.25) is 10.0 Å². The number of carbonyl (C=O) groups is 4. The van der Waals surface area contributed by atoms with Gasteiger partial charge in [-0.3, -0.25) is 19.7 Å². The molecule has 0 aromatic heterocycles. The third-order valence-corrected chi connectivity index (χ3v) is 3.26. The summed E-state index contributed by atoms with van der Waals surface area (Å²) in [6.45, 7) is 0.809. The van der Waals surface area contributed by atoms with E-state index in [1.54, 1.807) is 0 Å². The van der Waals surface area contributed by atoms with Gasteiger partial charge in [-0.2, -0.15) is 0 Å². The van der Waals surface area contributed by atoms with Gasteiger partial charge in [0.1, 0.15) is 6.54 Å². The van der Waals surface area contributed by atoms with E-state index in [0.717, 1.165) is 0 Å². The van der Waals surface area contributed by atoms with E-state index in [0.29, 0.717) is 5.02 Å². The summed E-state index contributed by atoms with van der Waals surface area (Å²) in [5.41, 5.74) is 0.138. The molecule has 0 spiro atoms. The predicted octanol–water partition coefficient (Wildman–Crippen LogP) is 1.11. The van der Waals surface area contributed by atoms with Crippen LogP contribution in [0.5, 0.6) is 0 Å². The van der Waals surface area contributed by atoms with Gasteiger partial charge < -0.3 is 15.4 Å². The molecule has 0 fully saturated rings. The van der Waals surface area contributed by atoms with E-state index in [1.165, 1.54) is 32.2 Å². The zero-order valence-corrected chi connectivity index (χ0v) is 14.3. The Balaban J connectivity index is 2.49. The fraction of sp³-hybridized carbons (Fsp3) is 0.286. The van der Waals surface area contributed by atoms with Crippen molar-refractivity contribution < 1.29 is 23.9 Å². The highest BCUT2D eigenvalue weighted by Crippen LogP contribution is 2.20. The van der Waals surface area contributed by atoms with Gasteiger partial charge in [-0.05, 0) is 25.1 Å². The Morgan fingerprint density at radius 2 is 1.88 bits per heavy atom. The molecule has 0 saturated carbocycles. The second kappa shape index (κ2) is 9.09. The number of amides is 4. The lowest BCUT2D eigenvalue weighted by atomic mass is 10.2. The molecule has 24 heavy (non-hydrogen) atoms. The number of benzene rings is 1. The second-order valence-electron chi connectivity index (χ2n) is 4.51. The van der Waals surface area contributed by atoms with E-state index in [4.69, 9.17) is 27.9 Å². The zero-order valence-electron chi connectivity index (χ0n) is 12.8. The van der Waals surface area contributed by atoms with Crippen molar-refractivity contribution in [3.05, 3.63) is 33.8 Å². The monoisotopic (exact) mass is 375 g/mol. The lowest BCUT2D eigenvalue weighted by Crippen LogP contribution is -2.44. The zero-order chi connectivity index (χ0) is 18.3. The Morgan fingerprint density at radius 3 is 2.46 bits per heavy atom. The van der Waals surface area contributed by atoms with Crippen molar-refractivity contribution in [2.45, 2.75) is 13.0 Å². The summed E-state index contributed by atoms with van der Waals surface area (Å²) in [5, 5.41) is 6.94. The first-order valence-corrected chi connectivity index (χ1v) is 7.45. The van der Waals surface area contributed by atoms with Gasteiger partial charge in [0.25, 0.3) is 11.8 Å². The fourth-order valence-corrected chi connectivity index (χ4v) is 1.98. The number of carbonyl (C=O) groups excluding carboxylic acids is 4. The smallest absolute Gasteiger partial charge is 0.326 e. The molecule has 3 N–H and O–H groups in total. The maximum Gasteiger partial charge on any atom is 0.326 e. The maximum atomic E-state index is 11.9. The van der Waals surface area contributed by atoms with Gasteiger partial charge in [-0.15, -0.1) is 0 Å². The molecule has 0 bridgehead atoms. The van der Waals surface area contributed by atoms with Crippen LogP contribution in [-0.4, -0.2) is 43.5 Å². The van der Waals surface area contributed by atoms with Gasteiger partial charge >= 0.3 is 12.0 Å². The van der Waals surface area contributed by atoms with Crippen molar-refractivity contribution in [1.82, 2.24) is 16.0 Å². The van der Waals surface area contributed by atoms with Crippen molar-refractivity contribution in [2.75, 3.05) is 13.6 Å². The fourth-order valence-electron chi connectivity index (χ4n) is 1.49. The Labute approximate surface area is 147 Å². The second-order valence-corrected chi connectivity index (χ2v) is 5.35. The standard InChI is InChI=1S/C14H15Cl2N3O5/c1-7(12(21)19-14(23)17-2)24-11(20)6-18-13(22)9-4-3-8(15)5-10(9)16/h3-5,7H,6H2,1-2H3,(H,18,22)(H2,17,19,21,23)/t7-/m0/s1. The molecule has 1 atom stereocenters. The molecule has 10 heteroatoms. The largest absolute Gasteiger partial charge is 0.451 e. The topological polar surface area (TPSA) is 114 Å². The molecule has 0 aliphatic carbocycles. The van der Waals surface area contributed by atoms with Gasteiger partial charge in [0, 0.05) is 12.1 Å². The quantitative estimate of drug-likeness (QED) is 0.667. The van der Waals surface area contributed by atoms with Gasteiger partial charge in [0.2, 0.25) is 0 Å². The summed E-state index contributed by atoms with van der Waals surface area (Å²) in [5.74, 6) is -2.25. The minimum absolute atomic E-state index is 0.131. The SMILES string of the molecule is CNC(=O)NC(=O)[C@H](C)OC(=O)CNC(=O)c1ccc(Cl)cc1Cl. The molecule has 0 unspecified atom stereocenters. The first kappa shape index (κ1) is 19.7. The molecule has 0 saturated heterocycles. The highest BCUT2D eigenvalue weighted by atomic mass is 35.5. The molecule has 0 aliphatic rings. The van der Waals surface area contributed by atoms with Crippen LogP contribution in [0.15, 0.2) is 18.2 Å². The van der Waals surface area contributed by atoms with Crippen LogP contribution in [-0.2, 0) is 14.3 Å². The molecule has 130 valence electrons. The van der Waals surface area contributed by atoms with Crippen molar-refractivity contribution in [2.24, 2.45) is 0 Å². The third-order valence-electron chi connectivity index (χ3n) is 2.71. The van der Waals surface area contributed by atoms with Crippen LogP contribution >= 0.6 is 23.2 Å². The van der Waals surface area contributed by atoms with Crippen LogP contribution < -0.4 is 16.0 Å². The van der Waals surface area contributed by atoms with Gasteiger partial charge in [0.05, 0.1) is 10.6 Å². The Morgan fingerprint density at radius 1 is 1.21 bits per heavy atom. The van der Waals surface area contributed by atoms with Crippen LogP contribution in [0.4, 0.5) is 4.79 Å². The Hall–Kier alpha value is -2.32. The van der Waals surface area contributed by atoms with E-state index in [-0.39, 0.29) is 10.6 Å². The molecule has 1 rings (SSSR count). The summed E-state index contributed by atoms with van der Waals surface area (Å²) in [6, 6.07) is 3.55. The van der Waals surface area contributed by atoms with Crippen molar-refractivity contribution in [3.63, 3.8) is 0 Å². The molecule has 0 aliphatic heterocycles. The van der Waals surface area contributed by atoms with Crippen molar-refractivity contribution in [1.29, 1.82) is 0 Å². The number of urea groups is 1. The normalized spacial score (nSPS) is 11.2. The van der Waals surface area contributed by atoms with Crippen molar-refractivity contribution >= 4 is 47.0 Å². The first-order chi connectivity index (χ1) is 11.2. The number of imide groups is 1. The summed E-state index contributed by atoms with van der Waals surface area (Å²) in [7, 11) is 1.33. The summed E-state index contributed by atoms with van der Waals surface area (Å²) in [6.07, 6.45) is -1.20. The average Bonchev–Trinajstić information content (AvgIpc) is 2.52. The minimum Gasteiger partial charge on any atom is -0.451 e. The van der Waals surface area contributed by atoms with E-state index in [2.05, 4.69) is 10.6 Å². The Bertz CT molecular complexity index is 666. The van der Waals surface area contributed by atoms with Crippen LogP contribution in [0, 0.1) is 0 Å². The minimum atomic E-state index is -1.20. The number of nitrogens with one attached hydrogen (secondary N) is 3. The molecular weight excluding hydrogens is 361 g/mol. The van der Waals surface area contributed by atoms with E-state index in [1.807, 2.05) is 5.32 Å². The van der Waals surface area contributed by atoms with E-state index < -0.39 is 36.5 Å². The lowest BCUT2D eigenvalue weighted by Gasteiger charge is -2.13. The Kier molecular flexibility index (Phi) is 7.47. The molecule has 8 nitrogen and oxygen atoms in total. The number of esters is 1. The van der Waals surface area contributed by atoms with Gasteiger partial charge in [0.15, 0.2) is 6.10 Å². The highest BCUT2D eigenvalue weighted by Gasteiger charge is 2.20. The molecular formula is C14H15Cl2N3O5. The summed E-state index contributed by atoms with van der Waals surface area (Å²) >= 11 is 11.6. The van der Waals surface area contributed by atoms with Crippen LogP contribution in [0.3, 0.4) is 0 Å². The average molecular weight is 376 g/mol. The summed E-state index contributed by atoms with van der Waals surface area (Å²) < 4.78 is 4.79. The van der Waals surface area contributed by atoms with Crippen LogP contribution in [0.25, 0.3) is 0 Å². The molecule has 0 heterocycles. The third kappa shape index (κ3) is 6.05. The number of rotatable bonds is 5.